The van der Waals surface area contributed by atoms with Crippen LogP contribution in [0, 0.1) is 16.7 Å². The second kappa shape index (κ2) is 27.1. The second-order valence-electron chi connectivity index (χ2n) is 20.5. The molecule has 1 fully saturated rings. The van der Waals surface area contributed by atoms with E-state index in [-0.39, 0.29) is 29.5 Å². The molecule has 1 heterocycles. The van der Waals surface area contributed by atoms with Gasteiger partial charge in [-0.25, -0.2) is 0 Å². The van der Waals surface area contributed by atoms with E-state index in [0.29, 0.717) is 25.2 Å². The molecule has 3 aliphatic rings. The smallest absolute Gasteiger partial charge is 0.305 e. The lowest BCUT2D eigenvalue weighted by Crippen LogP contribution is -2.60. The molecule has 0 aromatic heterocycles. The molecule has 0 saturated carbocycles. The van der Waals surface area contributed by atoms with Crippen molar-refractivity contribution in [1.82, 2.24) is 0 Å². The zero-order valence-corrected chi connectivity index (χ0v) is 41.8. The van der Waals surface area contributed by atoms with Gasteiger partial charge < -0.3 is 29.5 Å². The van der Waals surface area contributed by atoms with Crippen LogP contribution in [-0.2, 0) is 19.0 Å². The number of rotatable bonds is 22. The van der Waals surface area contributed by atoms with Crippen molar-refractivity contribution in [3.05, 3.63) is 130 Å². The Balaban J connectivity index is 1.49. The molecule has 356 valence electrons. The molecule has 6 atom stereocenters. The Morgan fingerprint density at radius 2 is 1.23 bits per heavy atom. The molecule has 0 aromatic rings. The summed E-state index contributed by atoms with van der Waals surface area (Å²) in [5.41, 5.74) is 10.1. The van der Waals surface area contributed by atoms with Gasteiger partial charge in [0.15, 0.2) is 6.29 Å². The largest absolute Gasteiger partial charge is 0.463 e. The van der Waals surface area contributed by atoms with Gasteiger partial charge in [-0.15, -0.1) is 0 Å². The minimum atomic E-state index is -1.49. The van der Waals surface area contributed by atoms with Crippen molar-refractivity contribution >= 4 is 5.97 Å². The van der Waals surface area contributed by atoms with Crippen molar-refractivity contribution in [2.45, 2.75) is 197 Å². The molecule has 0 aromatic carbocycles. The van der Waals surface area contributed by atoms with Crippen LogP contribution in [0.1, 0.15) is 160 Å². The number of esters is 1. The predicted octanol–water partition coefficient (Wildman–Crippen LogP) is 13.3. The van der Waals surface area contributed by atoms with Crippen molar-refractivity contribution in [2.75, 3.05) is 6.61 Å². The molecule has 1 aliphatic heterocycles. The van der Waals surface area contributed by atoms with Gasteiger partial charge in [0.2, 0.25) is 0 Å². The van der Waals surface area contributed by atoms with Crippen molar-refractivity contribution in [1.29, 1.82) is 0 Å². The molecule has 6 unspecified atom stereocenters. The van der Waals surface area contributed by atoms with E-state index in [1.165, 1.54) is 72.0 Å². The van der Waals surface area contributed by atoms with Crippen LogP contribution >= 0.6 is 0 Å². The zero-order chi connectivity index (χ0) is 47.5. The van der Waals surface area contributed by atoms with Gasteiger partial charge in [0, 0.05) is 6.42 Å². The van der Waals surface area contributed by atoms with Crippen LogP contribution in [-0.4, -0.2) is 64.7 Å². The Labute approximate surface area is 388 Å². The number of allylic oxidation sites excluding steroid dienone is 21. The summed E-state index contributed by atoms with van der Waals surface area (Å²) in [6.07, 6.45) is 34.9. The predicted molar refractivity (Wildman–Crippen MR) is 266 cm³/mol. The third kappa shape index (κ3) is 19.1. The fourth-order valence-electron chi connectivity index (χ4n) is 8.98. The maximum Gasteiger partial charge on any atom is 0.305 e. The highest BCUT2D eigenvalue weighted by molar-refractivity contribution is 5.69. The summed E-state index contributed by atoms with van der Waals surface area (Å²) in [5, 5.41) is 32.2. The number of carbonyl (C=O) groups is 1. The Morgan fingerprint density at radius 1 is 0.703 bits per heavy atom. The first-order chi connectivity index (χ1) is 30.2. The first kappa shape index (κ1) is 54.7. The maximum absolute atomic E-state index is 12.4. The summed E-state index contributed by atoms with van der Waals surface area (Å²) in [6, 6.07) is 0. The first-order valence-electron chi connectivity index (χ1n) is 24.2. The molecule has 7 heteroatoms. The van der Waals surface area contributed by atoms with Gasteiger partial charge in [0.1, 0.15) is 31.0 Å². The van der Waals surface area contributed by atoms with Crippen LogP contribution < -0.4 is 0 Å². The fourth-order valence-corrected chi connectivity index (χ4v) is 8.98. The van der Waals surface area contributed by atoms with E-state index in [1.807, 2.05) is 0 Å². The van der Waals surface area contributed by atoms with Crippen LogP contribution in [0.3, 0.4) is 0 Å². The summed E-state index contributed by atoms with van der Waals surface area (Å²) < 4.78 is 17.7. The minimum absolute atomic E-state index is 0.221. The molecule has 3 rings (SSSR count). The second-order valence-corrected chi connectivity index (χ2v) is 20.5. The van der Waals surface area contributed by atoms with Crippen molar-refractivity contribution in [2.24, 2.45) is 16.7 Å². The highest BCUT2D eigenvalue weighted by Gasteiger charge is 2.46. The number of hydrogen-bond donors (Lipinski definition) is 3. The van der Waals surface area contributed by atoms with E-state index in [2.05, 4.69) is 168 Å². The normalized spacial score (nSPS) is 26.6. The molecule has 0 radical (unpaired) electrons. The van der Waals surface area contributed by atoms with Gasteiger partial charge in [-0.3, -0.25) is 4.79 Å². The van der Waals surface area contributed by atoms with Crippen LogP contribution in [0.2, 0.25) is 0 Å². The lowest BCUT2D eigenvalue weighted by atomic mass is 9.71. The number of aliphatic hydroxyl groups is 3. The van der Waals surface area contributed by atoms with Gasteiger partial charge in [-0.1, -0.05) is 192 Å². The SMILES string of the molecule is CC(C=CC=C(C)C=CC1=C(C)CCCC1(C)C)=CC=CC=C(C)C=CC=C(C)C=CC1=C(C)CC(OC2OC(COC(=O)CCCCCCCC(C)C)C(O)C(O)C2O)CC1(C)C. The van der Waals surface area contributed by atoms with E-state index in [4.69, 9.17) is 14.2 Å². The van der Waals surface area contributed by atoms with Gasteiger partial charge >= 0.3 is 5.97 Å². The number of ether oxygens (including phenoxy) is 3. The molecule has 64 heavy (non-hydrogen) atoms. The topological polar surface area (TPSA) is 105 Å². The number of hydrogen-bond acceptors (Lipinski definition) is 7. The third-order valence-corrected chi connectivity index (χ3v) is 12.9. The molecule has 0 bridgehead atoms. The van der Waals surface area contributed by atoms with E-state index in [0.717, 1.165) is 30.4 Å². The Bertz CT molecular complexity index is 1850. The van der Waals surface area contributed by atoms with Crippen LogP contribution in [0.15, 0.2) is 130 Å². The average Bonchev–Trinajstić information content (AvgIpc) is 3.20. The van der Waals surface area contributed by atoms with Crippen LogP contribution in [0.5, 0.6) is 0 Å². The van der Waals surface area contributed by atoms with Gasteiger partial charge in [-0.05, 0) is 108 Å². The molecule has 0 amide bonds. The standard InChI is InChI=1S/C57H86O7/c1-40(2)23-16-14-13-15-17-31-51(58)62-39-50-52(59)53(60)54(61)55(64-50)63-47-37-46(8)49(57(11,12)38-47)35-33-44(6)29-21-27-42(4)25-19-18-24-41(3)26-20-28-43(5)32-34-48-45(7)30-22-36-56(48,9)10/h18-21,24-29,32-35,40,47,50,52-55,59-61H,13-17,22-23,30-31,36-39H2,1-12H3. The minimum Gasteiger partial charge on any atom is -0.463 e. The van der Waals surface area contributed by atoms with Crippen molar-refractivity contribution < 1.29 is 34.3 Å². The molecule has 1 saturated heterocycles. The van der Waals surface area contributed by atoms with E-state index < -0.39 is 30.7 Å². The van der Waals surface area contributed by atoms with E-state index in [1.54, 1.807) is 0 Å². The van der Waals surface area contributed by atoms with E-state index >= 15 is 0 Å². The maximum atomic E-state index is 12.4. The lowest BCUT2D eigenvalue weighted by molar-refractivity contribution is -0.313. The summed E-state index contributed by atoms with van der Waals surface area (Å²) in [6.45, 7) is 26.1. The summed E-state index contributed by atoms with van der Waals surface area (Å²) in [5.74, 6) is 0.354. The quantitative estimate of drug-likeness (QED) is 0.0565. The van der Waals surface area contributed by atoms with Gasteiger partial charge in [0.05, 0.1) is 6.10 Å². The molecule has 0 spiro atoms. The Kier molecular flexibility index (Phi) is 23.2. The third-order valence-electron chi connectivity index (χ3n) is 12.9. The number of aliphatic hydroxyl groups excluding tert-OH is 3. The summed E-state index contributed by atoms with van der Waals surface area (Å²) in [4.78, 5) is 12.4. The number of carbonyl (C=O) groups excluding carboxylic acids is 1. The van der Waals surface area contributed by atoms with Crippen molar-refractivity contribution in [3.63, 3.8) is 0 Å². The van der Waals surface area contributed by atoms with E-state index in [9.17, 15) is 20.1 Å². The molecule has 7 nitrogen and oxygen atoms in total. The van der Waals surface area contributed by atoms with Gasteiger partial charge in [0.25, 0.3) is 0 Å². The molecular weight excluding hydrogens is 797 g/mol. The Morgan fingerprint density at radius 3 is 1.80 bits per heavy atom. The lowest BCUT2D eigenvalue weighted by Gasteiger charge is -2.43. The fraction of sp³-hybridized carbons (Fsp3) is 0.596. The molecule has 3 N–H and O–H groups in total. The summed E-state index contributed by atoms with van der Waals surface area (Å²) in [7, 11) is 0. The molecule has 2 aliphatic carbocycles. The highest BCUT2D eigenvalue weighted by atomic mass is 16.7. The number of unbranched alkanes of at least 4 members (excludes halogenated alkanes) is 4. The average molecular weight is 883 g/mol. The first-order valence-corrected chi connectivity index (χ1v) is 24.2. The van der Waals surface area contributed by atoms with Crippen LogP contribution in [0.25, 0.3) is 0 Å². The van der Waals surface area contributed by atoms with Crippen LogP contribution in [0.4, 0.5) is 0 Å². The zero-order valence-electron chi connectivity index (χ0n) is 41.8. The Hall–Kier alpha value is -3.59. The van der Waals surface area contributed by atoms with Gasteiger partial charge in [-0.2, -0.15) is 0 Å². The monoisotopic (exact) mass is 883 g/mol. The summed E-state index contributed by atoms with van der Waals surface area (Å²) >= 11 is 0. The highest BCUT2D eigenvalue weighted by Crippen LogP contribution is 2.43. The molecular formula is C57H86O7. The van der Waals surface area contributed by atoms with Crippen molar-refractivity contribution in [3.8, 4) is 0 Å².